The highest BCUT2D eigenvalue weighted by atomic mass is 16.5. The van der Waals surface area contributed by atoms with Gasteiger partial charge in [-0.1, -0.05) is 11.8 Å². The van der Waals surface area contributed by atoms with Crippen LogP contribution in [0.4, 0.5) is 5.69 Å². The zero-order chi connectivity index (χ0) is 12.0. The molecule has 16 heavy (non-hydrogen) atoms. The van der Waals surface area contributed by atoms with E-state index in [9.17, 15) is 4.79 Å². The second-order valence-corrected chi connectivity index (χ2v) is 3.13. The number of anilines is 1. The normalized spacial score (nSPS) is 9.12. The van der Waals surface area contributed by atoms with Crippen LogP contribution in [-0.2, 0) is 4.74 Å². The second-order valence-electron chi connectivity index (χ2n) is 3.13. The summed E-state index contributed by atoms with van der Waals surface area (Å²) in [6.45, 7) is 0.521. The third-order valence-corrected chi connectivity index (χ3v) is 1.97. The summed E-state index contributed by atoms with van der Waals surface area (Å²) < 4.78 is 4.58. The van der Waals surface area contributed by atoms with E-state index < -0.39 is 5.97 Å². The molecule has 0 unspecified atom stereocenters. The molecular weight excluding hydrogens is 204 g/mol. The summed E-state index contributed by atoms with van der Waals surface area (Å²) in [5.74, 6) is 5.37. The number of esters is 1. The van der Waals surface area contributed by atoms with Crippen molar-refractivity contribution in [1.82, 2.24) is 0 Å². The van der Waals surface area contributed by atoms with Gasteiger partial charge >= 0.3 is 5.97 Å². The van der Waals surface area contributed by atoms with E-state index in [0.717, 1.165) is 0 Å². The van der Waals surface area contributed by atoms with E-state index in [2.05, 4.69) is 16.6 Å². The summed E-state index contributed by atoms with van der Waals surface area (Å²) in [4.78, 5) is 11.2. The van der Waals surface area contributed by atoms with Crippen LogP contribution in [0.2, 0.25) is 0 Å². The minimum absolute atomic E-state index is 0.409. The Balaban J connectivity index is 2.93. The molecule has 0 aliphatic heterocycles. The van der Waals surface area contributed by atoms with Crippen LogP contribution in [0.3, 0.4) is 0 Å². The third kappa shape index (κ3) is 3.01. The van der Waals surface area contributed by atoms with Gasteiger partial charge in [-0.3, -0.25) is 0 Å². The summed E-state index contributed by atoms with van der Waals surface area (Å²) in [6.07, 6.45) is 0.623. The summed E-state index contributed by atoms with van der Waals surface area (Å²) in [7, 11) is 1.33. The van der Waals surface area contributed by atoms with Gasteiger partial charge in [0.25, 0.3) is 0 Å². The SMILES string of the molecule is COC(=O)c1ccc(C#CCCN)c(N)c1. The molecule has 0 spiro atoms. The van der Waals surface area contributed by atoms with Gasteiger partial charge in [-0.05, 0) is 18.2 Å². The predicted octanol–water partition coefficient (Wildman–Crippen LogP) is 0.756. The first-order chi connectivity index (χ1) is 7.69. The Bertz CT molecular complexity index is 444. The Hall–Kier alpha value is -1.99. The lowest BCUT2D eigenvalue weighted by Gasteiger charge is -2.02. The first-order valence-electron chi connectivity index (χ1n) is 4.86. The molecule has 1 aromatic rings. The summed E-state index contributed by atoms with van der Waals surface area (Å²) >= 11 is 0. The van der Waals surface area contributed by atoms with E-state index in [1.54, 1.807) is 18.2 Å². The van der Waals surface area contributed by atoms with Crippen LogP contribution in [0.25, 0.3) is 0 Å². The van der Waals surface area contributed by atoms with Crippen LogP contribution >= 0.6 is 0 Å². The molecule has 0 atom stereocenters. The van der Waals surface area contributed by atoms with E-state index in [1.165, 1.54) is 7.11 Å². The minimum Gasteiger partial charge on any atom is -0.465 e. The van der Waals surface area contributed by atoms with Crippen LogP contribution in [0.1, 0.15) is 22.3 Å². The Labute approximate surface area is 94.6 Å². The maximum absolute atomic E-state index is 11.2. The predicted molar refractivity (Wildman–Crippen MR) is 62.7 cm³/mol. The average molecular weight is 218 g/mol. The van der Waals surface area contributed by atoms with Crippen molar-refractivity contribution < 1.29 is 9.53 Å². The molecule has 4 nitrogen and oxygen atoms in total. The molecule has 0 aliphatic carbocycles. The van der Waals surface area contributed by atoms with Crippen molar-refractivity contribution in [3.05, 3.63) is 29.3 Å². The molecule has 4 heteroatoms. The zero-order valence-electron chi connectivity index (χ0n) is 9.12. The molecule has 0 aliphatic rings. The van der Waals surface area contributed by atoms with Gasteiger partial charge in [-0.25, -0.2) is 4.79 Å². The van der Waals surface area contributed by atoms with Gasteiger partial charge in [0.1, 0.15) is 0 Å². The maximum Gasteiger partial charge on any atom is 0.337 e. The van der Waals surface area contributed by atoms with Crippen molar-refractivity contribution in [3.8, 4) is 11.8 Å². The number of hydrogen-bond donors (Lipinski definition) is 2. The number of carbonyl (C=O) groups excluding carboxylic acids is 1. The highest BCUT2D eigenvalue weighted by Crippen LogP contribution is 2.13. The molecule has 1 rings (SSSR count). The number of hydrogen-bond acceptors (Lipinski definition) is 4. The molecule has 1 aromatic carbocycles. The van der Waals surface area contributed by atoms with E-state index in [-0.39, 0.29) is 0 Å². The fraction of sp³-hybridized carbons (Fsp3) is 0.250. The van der Waals surface area contributed by atoms with Crippen molar-refractivity contribution >= 4 is 11.7 Å². The van der Waals surface area contributed by atoms with E-state index in [4.69, 9.17) is 11.5 Å². The van der Waals surface area contributed by atoms with Crippen LogP contribution < -0.4 is 11.5 Å². The number of nitrogen functional groups attached to an aromatic ring is 1. The minimum atomic E-state index is -0.409. The Kier molecular flexibility index (Phi) is 4.37. The van der Waals surface area contributed by atoms with E-state index in [1.807, 2.05) is 0 Å². The number of carbonyl (C=O) groups is 1. The van der Waals surface area contributed by atoms with Crippen molar-refractivity contribution in [2.45, 2.75) is 6.42 Å². The van der Waals surface area contributed by atoms with Gasteiger partial charge in [0.05, 0.1) is 12.7 Å². The first-order valence-corrected chi connectivity index (χ1v) is 4.86. The van der Waals surface area contributed by atoms with Gasteiger partial charge in [0.15, 0.2) is 0 Å². The standard InChI is InChI=1S/C12H14N2O2/c1-16-12(15)10-6-5-9(11(14)8-10)4-2-3-7-13/h5-6,8H,3,7,13-14H2,1H3. The summed E-state index contributed by atoms with van der Waals surface area (Å²) in [6, 6.07) is 4.89. The van der Waals surface area contributed by atoms with Crippen LogP contribution in [0.5, 0.6) is 0 Å². The lowest BCUT2D eigenvalue weighted by molar-refractivity contribution is 0.0601. The van der Waals surface area contributed by atoms with Crippen molar-refractivity contribution in [2.75, 3.05) is 19.4 Å². The summed E-state index contributed by atoms with van der Waals surface area (Å²) in [5, 5.41) is 0. The largest absolute Gasteiger partial charge is 0.465 e. The van der Waals surface area contributed by atoms with Gasteiger partial charge in [-0.2, -0.15) is 0 Å². The monoisotopic (exact) mass is 218 g/mol. The van der Waals surface area contributed by atoms with Crippen molar-refractivity contribution in [1.29, 1.82) is 0 Å². The first kappa shape index (κ1) is 12.1. The number of rotatable bonds is 2. The molecule has 0 aromatic heterocycles. The fourth-order valence-corrected chi connectivity index (χ4v) is 1.15. The van der Waals surface area contributed by atoms with Crippen LogP contribution in [0.15, 0.2) is 18.2 Å². The number of benzene rings is 1. The van der Waals surface area contributed by atoms with Gasteiger partial charge in [0.2, 0.25) is 0 Å². The van der Waals surface area contributed by atoms with E-state index in [0.29, 0.717) is 29.8 Å². The Morgan fingerprint density at radius 2 is 2.25 bits per heavy atom. The highest BCUT2D eigenvalue weighted by Gasteiger charge is 2.06. The molecule has 0 saturated carbocycles. The molecule has 0 bridgehead atoms. The molecule has 0 saturated heterocycles. The molecule has 4 N–H and O–H groups in total. The molecule has 0 heterocycles. The van der Waals surface area contributed by atoms with Crippen LogP contribution in [0, 0.1) is 11.8 Å². The Morgan fingerprint density at radius 3 is 2.81 bits per heavy atom. The lowest BCUT2D eigenvalue weighted by atomic mass is 10.1. The fourth-order valence-electron chi connectivity index (χ4n) is 1.15. The average Bonchev–Trinajstić information content (AvgIpc) is 2.30. The number of methoxy groups -OCH3 is 1. The maximum atomic E-state index is 11.2. The van der Waals surface area contributed by atoms with Gasteiger partial charge in [0, 0.05) is 24.2 Å². The van der Waals surface area contributed by atoms with Crippen molar-refractivity contribution in [2.24, 2.45) is 5.73 Å². The quantitative estimate of drug-likeness (QED) is 0.436. The molecule has 84 valence electrons. The van der Waals surface area contributed by atoms with Gasteiger partial charge in [-0.15, -0.1) is 0 Å². The smallest absolute Gasteiger partial charge is 0.337 e. The second kappa shape index (κ2) is 5.79. The molecular formula is C12H14N2O2. The molecule has 0 amide bonds. The lowest BCUT2D eigenvalue weighted by Crippen LogP contribution is -2.03. The van der Waals surface area contributed by atoms with E-state index >= 15 is 0 Å². The van der Waals surface area contributed by atoms with Gasteiger partial charge < -0.3 is 16.2 Å². The number of nitrogens with two attached hydrogens (primary N) is 2. The topological polar surface area (TPSA) is 78.3 Å². The summed E-state index contributed by atoms with van der Waals surface area (Å²) in [5.41, 5.74) is 12.7. The molecule has 0 radical (unpaired) electrons. The van der Waals surface area contributed by atoms with Crippen LogP contribution in [-0.4, -0.2) is 19.6 Å². The Morgan fingerprint density at radius 1 is 1.50 bits per heavy atom. The highest BCUT2D eigenvalue weighted by molar-refractivity contribution is 5.90. The molecule has 0 fully saturated rings. The number of ether oxygens (including phenoxy) is 1. The van der Waals surface area contributed by atoms with Crippen molar-refractivity contribution in [3.63, 3.8) is 0 Å². The zero-order valence-corrected chi connectivity index (χ0v) is 9.12. The third-order valence-electron chi connectivity index (χ3n) is 1.97.